The van der Waals surface area contributed by atoms with Gasteiger partial charge in [-0.3, -0.25) is 0 Å². The van der Waals surface area contributed by atoms with Crippen LogP contribution in [0.5, 0.6) is 5.75 Å². The summed E-state index contributed by atoms with van der Waals surface area (Å²) in [6, 6.07) is 9.48. The maximum Gasteiger partial charge on any atom is 0.209 e. The molecule has 0 aromatic heterocycles. The normalized spacial score (nSPS) is 13.1. The van der Waals surface area contributed by atoms with Crippen LogP contribution in [-0.2, 0) is 14.8 Å². The lowest BCUT2D eigenvalue weighted by atomic mass is 10.1. The maximum absolute atomic E-state index is 11.1. The molecule has 1 aromatic carbocycles. The Balaban J connectivity index is 2.20. The molecule has 0 heterocycles. The highest BCUT2D eigenvalue weighted by molar-refractivity contribution is 7.89. The van der Waals surface area contributed by atoms with Crippen LogP contribution < -0.4 is 9.88 Å². The van der Waals surface area contributed by atoms with E-state index in [-0.39, 0.29) is 11.7 Å². The summed E-state index contributed by atoms with van der Waals surface area (Å²) in [5.74, 6) is 0.720. The molecule has 1 atom stereocenters. The van der Waals surface area contributed by atoms with Crippen LogP contribution in [0.2, 0.25) is 0 Å². The number of ether oxygens (including phenoxy) is 2. The fraction of sp³-hybridized carbons (Fsp3) is 0.571. The number of para-hydroxylation sites is 1. The first-order valence-electron chi connectivity index (χ1n) is 6.77. The highest BCUT2D eigenvalue weighted by atomic mass is 32.2. The summed E-state index contributed by atoms with van der Waals surface area (Å²) in [5, 5.41) is 5.07. The van der Waals surface area contributed by atoms with Crippen molar-refractivity contribution in [2.45, 2.75) is 19.8 Å². The van der Waals surface area contributed by atoms with E-state index in [4.69, 9.17) is 14.6 Å². The number of benzene rings is 1. The highest BCUT2D eigenvalue weighted by Crippen LogP contribution is 2.10. The minimum atomic E-state index is -3.44. The number of primary sulfonamides is 1. The van der Waals surface area contributed by atoms with Crippen molar-refractivity contribution in [2.75, 3.05) is 25.6 Å². The van der Waals surface area contributed by atoms with Crippen molar-refractivity contribution in [3.05, 3.63) is 30.3 Å². The number of sulfonamides is 1. The minimum absolute atomic E-state index is 0.0274. The van der Waals surface area contributed by atoms with Gasteiger partial charge in [0.2, 0.25) is 10.0 Å². The molecule has 0 bridgehead atoms. The summed E-state index contributed by atoms with van der Waals surface area (Å²) in [5.41, 5.74) is 0. The van der Waals surface area contributed by atoms with Crippen molar-refractivity contribution in [1.82, 2.24) is 0 Å². The van der Waals surface area contributed by atoms with Crippen LogP contribution >= 0.6 is 0 Å². The Kier molecular flexibility index (Phi) is 7.58. The van der Waals surface area contributed by atoms with Gasteiger partial charge in [-0.05, 0) is 24.5 Å². The van der Waals surface area contributed by atoms with Gasteiger partial charge >= 0.3 is 0 Å². The second-order valence-corrected chi connectivity index (χ2v) is 6.38. The van der Waals surface area contributed by atoms with Crippen LogP contribution in [0, 0.1) is 5.92 Å². The zero-order valence-electron chi connectivity index (χ0n) is 11.8. The Hall–Kier alpha value is -1.11. The molecule has 114 valence electrons. The lowest BCUT2D eigenvalue weighted by Gasteiger charge is -2.15. The second-order valence-electron chi connectivity index (χ2n) is 4.72. The van der Waals surface area contributed by atoms with E-state index in [2.05, 4.69) is 0 Å². The number of nitrogens with two attached hydrogens (primary N) is 1. The van der Waals surface area contributed by atoms with Gasteiger partial charge in [-0.2, -0.15) is 0 Å². The van der Waals surface area contributed by atoms with Crippen LogP contribution in [0.15, 0.2) is 30.3 Å². The Bertz CT molecular complexity index is 461. The van der Waals surface area contributed by atoms with Gasteiger partial charge < -0.3 is 9.47 Å². The van der Waals surface area contributed by atoms with E-state index in [0.717, 1.165) is 18.6 Å². The first-order chi connectivity index (χ1) is 9.51. The lowest BCUT2D eigenvalue weighted by Crippen LogP contribution is -2.26. The van der Waals surface area contributed by atoms with Gasteiger partial charge in [0.1, 0.15) is 12.4 Å². The van der Waals surface area contributed by atoms with E-state index in [1.54, 1.807) is 0 Å². The number of hydrogen-bond donors (Lipinski definition) is 1. The van der Waals surface area contributed by atoms with Gasteiger partial charge in [0, 0.05) is 0 Å². The largest absolute Gasteiger partial charge is 0.491 e. The molecule has 1 unspecified atom stereocenters. The molecule has 0 spiro atoms. The SMILES string of the molecule is CCCC(COCCOc1ccccc1)CS(N)(=O)=O. The number of hydrogen-bond acceptors (Lipinski definition) is 4. The molecule has 1 aromatic rings. The molecule has 1 rings (SSSR count). The molecule has 20 heavy (non-hydrogen) atoms. The average Bonchev–Trinajstić information content (AvgIpc) is 2.38. The third-order valence-corrected chi connectivity index (χ3v) is 3.69. The molecule has 0 amide bonds. The van der Waals surface area contributed by atoms with E-state index >= 15 is 0 Å². The quantitative estimate of drug-likeness (QED) is 0.668. The fourth-order valence-electron chi connectivity index (χ4n) is 1.94. The minimum Gasteiger partial charge on any atom is -0.491 e. The van der Waals surface area contributed by atoms with E-state index in [9.17, 15) is 8.42 Å². The average molecular weight is 301 g/mol. The van der Waals surface area contributed by atoms with E-state index < -0.39 is 10.0 Å². The molecule has 0 fully saturated rings. The summed E-state index contributed by atoms with van der Waals surface area (Å²) in [6.07, 6.45) is 1.69. The Labute approximate surface area is 121 Å². The van der Waals surface area contributed by atoms with Gasteiger partial charge in [-0.1, -0.05) is 31.5 Å². The van der Waals surface area contributed by atoms with Crippen LogP contribution in [0.25, 0.3) is 0 Å². The summed E-state index contributed by atoms with van der Waals surface area (Å²) in [6.45, 7) is 3.27. The fourth-order valence-corrected chi connectivity index (χ4v) is 2.86. The van der Waals surface area contributed by atoms with Crippen LogP contribution in [0.3, 0.4) is 0 Å². The molecule has 0 aliphatic heterocycles. The van der Waals surface area contributed by atoms with Gasteiger partial charge in [-0.25, -0.2) is 13.6 Å². The van der Waals surface area contributed by atoms with Crippen molar-refractivity contribution in [1.29, 1.82) is 0 Å². The smallest absolute Gasteiger partial charge is 0.209 e. The topological polar surface area (TPSA) is 78.6 Å². The van der Waals surface area contributed by atoms with Crippen molar-refractivity contribution in [3.8, 4) is 5.75 Å². The van der Waals surface area contributed by atoms with Crippen LogP contribution in [0.4, 0.5) is 0 Å². The third-order valence-electron chi connectivity index (χ3n) is 2.76. The Morgan fingerprint density at radius 1 is 1.20 bits per heavy atom. The Morgan fingerprint density at radius 3 is 2.50 bits per heavy atom. The second kappa shape index (κ2) is 8.94. The molecule has 0 aliphatic carbocycles. The van der Waals surface area contributed by atoms with Crippen molar-refractivity contribution in [3.63, 3.8) is 0 Å². The molecule has 0 saturated carbocycles. The molecule has 0 saturated heterocycles. The molecule has 5 nitrogen and oxygen atoms in total. The zero-order chi connectivity index (χ0) is 14.8. The molecule has 6 heteroatoms. The molecule has 2 N–H and O–H groups in total. The zero-order valence-corrected chi connectivity index (χ0v) is 12.6. The molecule has 0 aliphatic rings. The summed E-state index contributed by atoms with van der Waals surface area (Å²) in [7, 11) is -3.44. The van der Waals surface area contributed by atoms with Crippen molar-refractivity contribution in [2.24, 2.45) is 11.1 Å². The first kappa shape index (κ1) is 16.9. The van der Waals surface area contributed by atoms with Gasteiger partial charge in [0.25, 0.3) is 0 Å². The highest BCUT2D eigenvalue weighted by Gasteiger charge is 2.15. The predicted octanol–water partition coefficient (Wildman–Crippen LogP) is 1.79. The van der Waals surface area contributed by atoms with E-state index in [1.165, 1.54) is 0 Å². The van der Waals surface area contributed by atoms with Crippen molar-refractivity contribution >= 4 is 10.0 Å². The molecular formula is C14H23NO4S. The predicted molar refractivity (Wildman–Crippen MR) is 79.1 cm³/mol. The third kappa shape index (κ3) is 8.14. The number of rotatable bonds is 10. The van der Waals surface area contributed by atoms with Crippen LogP contribution in [-0.4, -0.2) is 34.0 Å². The van der Waals surface area contributed by atoms with Gasteiger partial charge in [0.05, 0.1) is 19.0 Å². The first-order valence-corrected chi connectivity index (χ1v) is 8.49. The summed E-state index contributed by atoms with van der Waals surface area (Å²) < 4.78 is 33.1. The standard InChI is InChI=1S/C14H23NO4S/c1-2-6-13(12-20(15,16)17)11-18-9-10-19-14-7-4-3-5-8-14/h3-5,7-8,13H,2,6,9-12H2,1H3,(H2,15,16,17). The molecular weight excluding hydrogens is 278 g/mol. The monoisotopic (exact) mass is 301 g/mol. The summed E-state index contributed by atoms with van der Waals surface area (Å²) in [4.78, 5) is 0. The van der Waals surface area contributed by atoms with E-state index in [0.29, 0.717) is 19.8 Å². The lowest BCUT2D eigenvalue weighted by molar-refractivity contribution is 0.0765. The van der Waals surface area contributed by atoms with Gasteiger partial charge in [0.15, 0.2) is 0 Å². The summed E-state index contributed by atoms with van der Waals surface area (Å²) >= 11 is 0. The van der Waals surface area contributed by atoms with E-state index in [1.807, 2.05) is 37.3 Å². The van der Waals surface area contributed by atoms with Gasteiger partial charge in [-0.15, -0.1) is 0 Å². The van der Waals surface area contributed by atoms with Crippen molar-refractivity contribution < 1.29 is 17.9 Å². The Morgan fingerprint density at radius 2 is 1.90 bits per heavy atom. The van der Waals surface area contributed by atoms with Crippen LogP contribution in [0.1, 0.15) is 19.8 Å². The molecule has 0 radical (unpaired) electrons. The maximum atomic E-state index is 11.1.